The molecule has 11 heteroatoms. The van der Waals surface area contributed by atoms with E-state index in [1.54, 1.807) is 16.6 Å². The number of hydrogen-bond acceptors (Lipinski definition) is 6. The second kappa shape index (κ2) is 7.14. The molecule has 4 aromatic rings. The largest absolute Gasteiger partial charge is 0.573 e. The zero-order valence-corrected chi connectivity index (χ0v) is 16.7. The van der Waals surface area contributed by atoms with E-state index in [9.17, 15) is 13.2 Å². The van der Waals surface area contributed by atoms with Crippen molar-refractivity contribution in [3.05, 3.63) is 47.0 Å². The van der Waals surface area contributed by atoms with Gasteiger partial charge in [-0.15, -0.1) is 23.4 Å². The minimum atomic E-state index is -4.71. The van der Waals surface area contributed by atoms with Crippen molar-refractivity contribution in [3.63, 3.8) is 0 Å². The molecule has 152 valence electrons. The highest BCUT2D eigenvalue weighted by atomic mass is 32.1. The van der Waals surface area contributed by atoms with Crippen molar-refractivity contribution in [1.82, 2.24) is 29.6 Å². The molecule has 0 radical (unpaired) electrons. The highest BCUT2D eigenvalue weighted by molar-refractivity contribution is 7.19. The molecular formula is C18H17F3N6OS. The Morgan fingerprint density at radius 3 is 2.41 bits per heavy atom. The van der Waals surface area contributed by atoms with Gasteiger partial charge in [0.05, 0.1) is 11.3 Å². The fourth-order valence-corrected chi connectivity index (χ4v) is 4.18. The average molecular weight is 422 g/mol. The van der Waals surface area contributed by atoms with Gasteiger partial charge in [-0.2, -0.15) is 14.7 Å². The van der Waals surface area contributed by atoms with Crippen LogP contribution in [0.25, 0.3) is 15.5 Å². The third-order valence-corrected chi connectivity index (χ3v) is 5.39. The molecular weight excluding hydrogens is 405 g/mol. The molecule has 0 aliphatic rings. The van der Waals surface area contributed by atoms with Gasteiger partial charge in [-0.05, 0) is 38.5 Å². The summed E-state index contributed by atoms with van der Waals surface area (Å²) < 4.78 is 44.4. The number of nitrogens with zero attached hydrogens (tertiary/aromatic N) is 6. The quantitative estimate of drug-likeness (QED) is 0.483. The number of alkyl halides is 3. The second-order valence-corrected chi connectivity index (χ2v) is 7.40. The molecule has 29 heavy (non-hydrogen) atoms. The van der Waals surface area contributed by atoms with Gasteiger partial charge >= 0.3 is 6.36 Å². The topological polar surface area (TPSA) is 70.1 Å². The van der Waals surface area contributed by atoms with Gasteiger partial charge in [-0.3, -0.25) is 4.68 Å². The fourth-order valence-electron chi connectivity index (χ4n) is 3.17. The van der Waals surface area contributed by atoms with Gasteiger partial charge in [0.15, 0.2) is 10.8 Å². The van der Waals surface area contributed by atoms with Crippen LogP contribution in [0.15, 0.2) is 24.3 Å². The first kappa shape index (κ1) is 19.4. The van der Waals surface area contributed by atoms with Crippen LogP contribution >= 0.6 is 11.3 Å². The van der Waals surface area contributed by atoms with E-state index < -0.39 is 6.36 Å². The maximum atomic E-state index is 12.3. The number of hydrogen-bond donors (Lipinski definition) is 0. The van der Waals surface area contributed by atoms with Crippen molar-refractivity contribution in [2.75, 3.05) is 0 Å². The molecule has 0 N–H and O–H groups in total. The lowest BCUT2D eigenvalue weighted by molar-refractivity contribution is -0.274. The first-order valence-corrected chi connectivity index (χ1v) is 9.67. The van der Waals surface area contributed by atoms with E-state index in [2.05, 4.69) is 25.1 Å². The molecule has 0 fully saturated rings. The minimum Gasteiger partial charge on any atom is -0.406 e. The number of halogens is 3. The van der Waals surface area contributed by atoms with Crippen LogP contribution in [0.3, 0.4) is 0 Å². The van der Waals surface area contributed by atoms with E-state index in [0.29, 0.717) is 17.2 Å². The van der Waals surface area contributed by atoms with Crippen molar-refractivity contribution < 1.29 is 17.9 Å². The Morgan fingerprint density at radius 2 is 1.79 bits per heavy atom. The fraction of sp³-hybridized carbons (Fsp3) is 0.333. The van der Waals surface area contributed by atoms with E-state index >= 15 is 0 Å². The summed E-state index contributed by atoms with van der Waals surface area (Å²) in [7, 11) is 0. The summed E-state index contributed by atoms with van der Waals surface area (Å²) in [5.74, 6) is 0.340. The molecule has 0 amide bonds. The lowest BCUT2D eigenvalue weighted by atomic mass is 10.1. The number of aromatic nitrogens is 6. The molecule has 0 aliphatic heterocycles. The van der Waals surface area contributed by atoms with Crippen molar-refractivity contribution in [1.29, 1.82) is 0 Å². The number of ether oxygens (including phenoxy) is 1. The molecule has 1 aromatic carbocycles. The lowest BCUT2D eigenvalue weighted by Crippen LogP contribution is -2.17. The monoisotopic (exact) mass is 422 g/mol. The van der Waals surface area contributed by atoms with Crippen molar-refractivity contribution in [3.8, 4) is 16.3 Å². The molecule has 0 saturated heterocycles. The Bertz CT molecular complexity index is 1160. The highest BCUT2D eigenvalue weighted by Crippen LogP contribution is 2.31. The molecule has 0 atom stereocenters. The average Bonchev–Trinajstić information content (AvgIpc) is 3.29. The number of benzene rings is 1. The molecule has 0 saturated carbocycles. The van der Waals surface area contributed by atoms with Crippen molar-refractivity contribution >= 4 is 16.3 Å². The zero-order chi connectivity index (χ0) is 20.8. The van der Waals surface area contributed by atoms with Gasteiger partial charge in [0.1, 0.15) is 5.75 Å². The Balaban J connectivity index is 1.61. The molecule has 0 bridgehead atoms. The Hall–Kier alpha value is -2.95. The van der Waals surface area contributed by atoms with E-state index in [4.69, 9.17) is 0 Å². The zero-order valence-electron chi connectivity index (χ0n) is 15.9. The van der Waals surface area contributed by atoms with E-state index in [0.717, 1.165) is 34.1 Å². The van der Waals surface area contributed by atoms with Gasteiger partial charge in [0, 0.05) is 18.7 Å². The predicted molar refractivity (Wildman–Crippen MR) is 101 cm³/mol. The Kier molecular flexibility index (Phi) is 4.77. The summed E-state index contributed by atoms with van der Waals surface area (Å²) in [4.78, 5) is 0.648. The third kappa shape index (κ3) is 3.82. The van der Waals surface area contributed by atoms with Crippen LogP contribution in [-0.4, -0.2) is 36.0 Å². The summed E-state index contributed by atoms with van der Waals surface area (Å²) in [5.41, 5.74) is 3.70. The van der Waals surface area contributed by atoms with Crippen LogP contribution in [0.2, 0.25) is 0 Å². The van der Waals surface area contributed by atoms with Gasteiger partial charge < -0.3 is 4.74 Å². The second-order valence-electron chi connectivity index (χ2n) is 6.45. The maximum Gasteiger partial charge on any atom is 0.573 e. The molecule has 0 spiro atoms. The van der Waals surface area contributed by atoms with Gasteiger partial charge in [-0.1, -0.05) is 23.5 Å². The lowest BCUT2D eigenvalue weighted by Gasteiger charge is -2.08. The summed E-state index contributed by atoms with van der Waals surface area (Å²) in [6.45, 7) is 6.76. The van der Waals surface area contributed by atoms with Crippen LogP contribution < -0.4 is 4.74 Å². The first-order chi connectivity index (χ1) is 13.7. The summed E-state index contributed by atoms with van der Waals surface area (Å²) in [6.07, 6.45) is -4.33. The van der Waals surface area contributed by atoms with Crippen LogP contribution in [-0.2, 0) is 13.0 Å². The van der Waals surface area contributed by atoms with Crippen molar-refractivity contribution in [2.24, 2.45) is 0 Å². The summed E-state index contributed by atoms with van der Waals surface area (Å²) in [6, 6.07) is 5.68. The number of rotatable bonds is 5. The third-order valence-electron chi connectivity index (χ3n) is 4.47. The predicted octanol–water partition coefficient (Wildman–Crippen LogP) is 4.18. The van der Waals surface area contributed by atoms with E-state index in [1.165, 1.54) is 23.5 Å². The number of fused-ring (bicyclic) bond motifs is 1. The van der Waals surface area contributed by atoms with Gasteiger partial charge in [0.25, 0.3) is 0 Å². The van der Waals surface area contributed by atoms with Gasteiger partial charge in [0.2, 0.25) is 4.96 Å². The first-order valence-electron chi connectivity index (χ1n) is 8.85. The molecule has 3 aromatic heterocycles. The molecule has 3 heterocycles. The maximum absolute atomic E-state index is 12.3. The van der Waals surface area contributed by atoms with Crippen LogP contribution in [0.5, 0.6) is 5.75 Å². The SMILES string of the molecule is CCn1nc(C)c(-c2nn3c(Cc4ccc(OC(F)(F)F)cc4)nnc3s2)c1C. The normalized spacial score (nSPS) is 12.1. The Morgan fingerprint density at radius 1 is 1.07 bits per heavy atom. The molecule has 0 aliphatic carbocycles. The standard InChI is InChI=1S/C18H17F3N6OS/c1-4-26-11(3)15(10(2)24-26)16-25-27-14(22-23-17(27)29-16)9-12-5-7-13(8-6-12)28-18(19,20)21/h5-8H,4,9H2,1-3H3. The molecule has 4 rings (SSSR count). The van der Waals surface area contributed by atoms with Crippen molar-refractivity contribution in [2.45, 2.75) is 40.1 Å². The molecule has 0 unspecified atom stereocenters. The smallest absolute Gasteiger partial charge is 0.406 e. The summed E-state index contributed by atoms with van der Waals surface area (Å²) >= 11 is 1.42. The van der Waals surface area contributed by atoms with Gasteiger partial charge in [-0.25, -0.2) is 0 Å². The highest BCUT2D eigenvalue weighted by Gasteiger charge is 2.31. The Labute approximate surface area is 167 Å². The van der Waals surface area contributed by atoms with Crippen LogP contribution in [0, 0.1) is 13.8 Å². The van der Waals surface area contributed by atoms with Crippen LogP contribution in [0.4, 0.5) is 13.2 Å². The minimum absolute atomic E-state index is 0.262. The van der Waals surface area contributed by atoms with Crippen LogP contribution in [0.1, 0.15) is 29.7 Å². The summed E-state index contributed by atoms with van der Waals surface area (Å²) in [5, 5.41) is 18.3. The van der Waals surface area contributed by atoms with E-state index in [-0.39, 0.29) is 5.75 Å². The molecule has 7 nitrogen and oxygen atoms in total. The van der Waals surface area contributed by atoms with E-state index in [1.807, 2.05) is 25.5 Å². The number of aryl methyl sites for hydroxylation is 2.